The Balaban J connectivity index is 2.06. The third-order valence-electron chi connectivity index (χ3n) is 3.59. The smallest absolute Gasteiger partial charge is 0.127 e. The highest BCUT2D eigenvalue weighted by atomic mass is 79.9. The van der Waals surface area contributed by atoms with Crippen LogP contribution in [-0.4, -0.2) is 6.61 Å². The molecule has 0 bridgehead atoms. The maximum Gasteiger partial charge on any atom is 0.127 e. The zero-order valence-electron chi connectivity index (χ0n) is 10.9. The molecule has 2 N–H and O–H groups in total. The summed E-state index contributed by atoms with van der Waals surface area (Å²) in [7, 11) is 0. The van der Waals surface area contributed by atoms with Gasteiger partial charge in [-0.2, -0.15) is 0 Å². The maximum absolute atomic E-state index is 6.42. The summed E-state index contributed by atoms with van der Waals surface area (Å²) < 4.78 is 6.80. The predicted molar refractivity (Wildman–Crippen MR) is 85.4 cm³/mol. The van der Waals surface area contributed by atoms with Gasteiger partial charge in [-0.05, 0) is 42.2 Å². The summed E-state index contributed by atoms with van der Waals surface area (Å²) in [6, 6.07) is 11.6. The van der Waals surface area contributed by atoms with E-state index in [0.29, 0.717) is 5.02 Å². The molecule has 4 heteroatoms. The third kappa shape index (κ3) is 2.58. The maximum atomic E-state index is 6.42. The van der Waals surface area contributed by atoms with Crippen molar-refractivity contribution in [2.45, 2.75) is 18.9 Å². The van der Waals surface area contributed by atoms with Crippen molar-refractivity contribution in [2.24, 2.45) is 5.73 Å². The first kappa shape index (κ1) is 13.9. The molecule has 0 amide bonds. The Morgan fingerprint density at radius 2 is 2.05 bits per heavy atom. The molecule has 0 saturated heterocycles. The number of fused-ring (bicyclic) bond motifs is 1. The molecular weight excluding hydrogens is 338 g/mol. The van der Waals surface area contributed by atoms with E-state index in [0.717, 1.165) is 40.8 Å². The molecule has 20 heavy (non-hydrogen) atoms. The van der Waals surface area contributed by atoms with Gasteiger partial charge in [0.2, 0.25) is 0 Å². The molecule has 2 nitrogen and oxygen atoms in total. The molecule has 0 radical (unpaired) electrons. The van der Waals surface area contributed by atoms with Crippen LogP contribution < -0.4 is 10.5 Å². The van der Waals surface area contributed by atoms with Crippen LogP contribution in [0.1, 0.15) is 29.2 Å². The monoisotopic (exact) mass is 351 g/mol. The fourth-order valence-electron chi connectivity index (χ4n) is 2.58. The van der Waals surface area contributed by atoms with Gasteiger partial charge in [0.1, 0.15) is 5.75 Å². The fourth-order valence-corrected chi connectivity index (χ4v) is 3.19. The molecule has 2 aromatic rings. The molecule has 0 aromatic heterocycles. The highest BCUT2D eigenvalue weighted by molar-refractivity contribution is 9.10. The van der Waals surface area contributed by atoms with Gasteiger partial charge in [0.05, 0.1) is 12.6 Å². The summed E-state index contributed by atoms with van der Waals surface area (Å²) in [5, 5.41) is 0.675. The van der Waals surface area contributed by atoms with Crippen LogP contribution in [0.5, 0.6) is 5.75 Å². The zero-order valence-corrected chi connectivity index (χ0v) is 13.2. The number of nitrogens with two attached hydrogens (primary N) is 1. The lowest BCUT2D eigenvalue weighted by Crippen LogP contribution is -2.17. The van der Waals surface area contributed by atoms with E-state index in [4.69, 9.17) is 22.1 Å². The van der Waals surface area contributed by atoms with E-state index >= 15 is 0 Å². The van der Waals surface area contributed by atoms with Crippen LogP contribution in [0.3, 0.4) is 0 Å². The van der Waals surface area contributed by atoms with E-state index in [1.54, 1.807) is 0 Å². The van der Waals surface area contributed by atoms with Crippen molar-refractivity contribution in [3.63, 3.8) is 0 Å². The van der Waals surface area contributed by atoms with Gasteiger partial charge in [0, 0.05) is 15.1 Å². The number of para-hydroxylation sites is 1. The van der Waals surface area contributed by atoms with E-state index in [9.17, 15) is 0 Å². The highest BCUT2D eigenvalue weighted by Gasteiger charge is 2.21. The summed E-state index contributed by atoms with van der Waals surface area (Å²) in [4.78, 5) is 0. The minimum absolute atomic E-state index is 0.284. The van der Waals surface area contributed by atoms with Crippen LogP contribution in [0.2, 0.25) is 5.02 Å². The lowest BCUT2D eigenvalue weighted by Gasteiger charge is -2.24. The predicted octanol–water partition coefficient (Wildman–Crippen LogP) is 4.48. The number of halogens is 2. The number of ether oxygens (including phenoxy) is 1. The Labute approximate surface area is 132 Å². The average Bonchev–Trinajstić information content (AvgIpc) is 2.48. The van der Waals surface area contributed by atoms with Gasteiger partial charge in [-0.25, -0.2) is 0 Å². The van der Waals surface area contributed by atoms with Gasteiger partial charge in [0.25, 0.3) is 0 Å². The van der Waals surface area contributed by atoms with Gasteiger partial charge in [-0.1, -0.05) is 45.7 Å². The molecule has 104 valence electrons. The largest absolute Gasteiger partial charge is 0.493 e. The van der Waals surface area contributed by atoms with Crippen molar-refractivity contribution in [1.82, 2.24) is 0 Å². The molecule has 1 atom stereocenters. The van der Waals surface area contributed by atoms with E-state index in [-0.39, 0.29) is 6.04 Å². The van der Waals surface area contributed by atoms with E-state index < -0.39 is 0 Å². The first-order chi connectivity index (χ1) is 9.66. The molecule has 3 rings (SSSR count). The Kier molecular flexibility index (Phi) is 4.01. The van der Waals surface area contributed by atoms with Crippen molar-refractivity contribution in [1.29, 1.82) is 0 Å². The van der Waals surface area contributed by atoms with Crippen molar-refractivity contribution in [2.75, 3.05) is 6.61 Å². The third-order valence-corrected chi connectivity index (χ3v) is 4.43. The van der Waals surface area contributed by atoms with Crippen LogP contribution >= 0.6 is 27.5 Å². The molecule has 1 aliphatic rings. The Morgan fingerprint density at radius 1 is 1.20 bits per heavy atom. The molecule has 2 aromatic carbocycles. The van der Waals surface area contributed by atoms with Gasteiger partial charge < -0.3 is 10.5 Å². The number of hydrogen-bond acceptors (Lipinski definition) is 2. The highest BCUT2D eigenvalue weighted by Crippen LogP contribution is 2.37. The van der Waals surface area contributed by atoms with Gasteiger partial charge in [-0.15, -0.1) is 0 Å². The SMILES string of the molecule is NC(c1cc(Br)ccc1Cl)c1cccc2c1OCCC2. The summed E-state index contributed by atoms with van der Waals surface area (Å²) in [5.41, 5.74) is 9.56. The summed E-state index contributed by atoms with van der Waals surface area (Å²) in [5.74, 6) is 0.933. The normalized spacial score (nSPS) is 15.3. The lowest BCUT2D eigenvalue weighted by atomic mass is 9.94. The molecule has 1 aliphatic heterocycles. The van der Waals surface area contributed by atoms with Gasteiger partial charge in [-0.3, -0.25) is 0 Å². The molecular formula is C16H15BrClNO. The first-order valence-electron chi connectivity index (χ1n) is 6.62. The Bertz CT molecular complexity index is 644. The lowest BCUT2D eigenvalue weighted by molar-refractivity contribution is 0.284. The number of rotatable bonds is 2. The van der Waals surface area contributed by atoms with Gasteiger partial charge in [0.15, 0.2) is 0 Å². The number of hydrogen-bond donors (Lipinski definition) is 1. The van der Waals surface area contributed by atoms with Crippen LogP contribution in [0.4, 0.5) is 0 Å². The second kappa shape index (κ2) is 5.76. The Hall–Kier alpha value is -1.03. The molecule has 0 fully saturated rings. The van der Waals surface area contributed by atoms with Crippen LogP contribution in [0.15, 0.2) is 40.9 Å². The van der Waals surface area contributed by atoms with Crippen LogP contribution in [-0.2, 0) is 6.42 Å². The average molecular weight is 353 g/mol. The Morgan fingerprint density at radius 3 is 2.90 bits per heavy atom. The summed E-state index contributed by atoms with van der Waals surface area (Å²) >= 11 is 9.75. The van der Waals surface area contributed by atoms with Gasteiger partial charge >= 0.3 is 0 Å². The second-order valence-electron chi connectivity index (χ2n) is 4.93. The molecule has 0 spiro atoms. The van der Waals surface area contributed by atoms with Crippen LogP contribution in [0, 0.1) is 0 Å². The van der Waals surface area contributed by atoms with Crippen molar-refractivity contribution < 1.29 is 4.74 Å². The van der Waals surface area contributed by atoms with E-state index in [1.807, 2.05) is 30.3 Å². The van der Waals surface area contributed by atoms with Crippen molar-refractivity contribution >= 4 is 27.5 Å². The quantitative estimate of drug-likeness (QED) is 0.865. The standard InChI is InChI=1S/C16H15BrClNO/c17-11-6-7-14(18)13(9-11)15(19)12-5-1-3-10-4-2-8-20-16(10)12/h1,3,5-7,9,15H,2,4,8,19H2. The molecule has 0 saturated carbocycles. The van der Waals surface area contributed by atoms with Crippen LogP contribution in [0.25, 0.3) is 0 Å². The van der Waals surface area contributed by atoms with Crippen molar-refractivity contribution in [3.8, 4) is 5.75 Å². The minimum atomic E-state index is -0.284. The fraction of sp³-hybridized carbons (Fsp3) is 0.250. The topological polar surface area (TPSA) is 35.2 Å². The van der Waals surface area contributed by atoms with E-state index in [2.05, 4.69) is 22.0 Å². The molecule has 1 heterocycles. The summed E-state index contributed by atoms with van der Waals surface area (Å²) in [6.07, 6.45) is 2.10. The molecule has 0 aliphatic carbocycles. The van der Waals surface area contributed by atoms with Crippen molar-refractivity contribution in [3.05, 3.63) is 62.6 Å². The zero-order chi connectivity index (χ0) is 14.1. The first-order valence-corrected chi connectivity index (χ1v) is 7.79. The molecule has 1 unspecified atom stereocenters. The number of benzene rings is 2. The number of aryl methyl sites for hydroxylation is 1. The second-order valence-corrected chi connectivity index (χ2v) is 6.25. The summed E-state index contributed by atoms with van der Waals surface area (Å²) in [6.45, 7) is 0.753. The minimum Gasteiger partial charge on any atom is -0.493 e. The van der Waals surface area contributed by atoms with E-state index in [1.165, 1.54) is 5.56 Å².